The summed E-state index contributed by atoms with van der Waals surface area (Å²) < 4.78 is 13.2. The minimum absolute atomic E-state index is 0.0760. The lowest BCUT2D eigenvalue weighted by Gasteiger charge is -2.31. The highest BCUT2D eigenvalue weighted by Crippen LogP contribution is 2.31. The van der Waals surface area contributed by atoms with E-state index < -0.39 is 0 Å². The Labute approximate surface area is 147 Å². The second-order valence-electron chi connectivity index (χ2n) is 6.98. The Balaban J connectivity index is 1.28. The highest BCUT2D eigenvalue weighted by Gasteiger charge is 2.25. The summed E-state index contributed by atoms with van der Waals surface area (Å²) in [6.07, 6.45) is 8.43. The van der Waals surface area contributed by atoms with E-state index in [2.05, 4.69) is 33.2 Å². The molecule has 1 unspecified atom stereocenters. The van der Waals surface area contributed by atoms with Crippen molar-refractivity contribution in [1.82, 2.24) is 14.9 Å². The Kier molecular flexibility index (Phi) is 4.99. The summed E-state index contributed by atoms with van der Waals surface area (Å²) in [5.74, 6) is 0.0760. The van der Waals surface area contributed by atoms with E-state index in [0.29, 0.717) is 32.3 Å². The van der Waals surface area contributed by atoms with Gasteiger partial charge < -0.3 is 19.4 Å². The van der Waals surface area contributed by atoms with Crippen molar-refractivity contribution in [3.05, 3.63) is 30.6 Å². The molecule has 134 valence electrons. The molecular formula is C19H25N3O3. The molecular weight excluding hydrogens is 318 g/mol. The molecule has 0 bridgehead atoms. The van der Waals surface area contributed by atoms with Gasteiger partial charge in [-0.2, -0.15) is 0 Å². The largest absolute Gasteiger partial charge is 0.376 e. The van der Waals surface area contributed by atoms with Gasteiger partial charge in [-0.1, -0.05) is 0 Å². The van der Waals surface area contributed by atoms with Crippen molar-refractivity contribution in [2.24, 2.45) is 0 Å². The van der Waals surface area contributed by atoms with Crippen LogP contribution in [0.1, 0.15) is 38.1 Å². The fraction of sp³-hybridized carbons (Fsp3) is 0.579. The Morgan fingerprint density at radius 1 is 1.24 bits per heavy atom. The first-order valence-electron chi connectivity index (χ1n) is 9.20. The first kappa shape index (κ1) is 16.5. The molecule has 0 aromatic carbocycles. The first-order valence-corrected chi connectivity index (χ1v) is 9.20. The quantitative estimate of drug-likeness (QED) is 0.926. The van der Waals surface area contributed by atoms with Crippen molar-refractivity contribution < 1.29 is 14.3 Å². The third-order valence-electron chi connectivity index (χ3n) is 5.23. The number of fused-ring (bicyclic) bond motifs is 1. The smallest absolute Gasteiger partial charge is 0.222 e. The fourth-order valence-electron chi connectivity index (χ4n) is 3.93. The van der Waals surface area contributed by atoms with Crippen LogP contribution in [0.4, 0.5) is 0 Å². The van der Waals surface area contributed by atoms with Crippen LogP contribution < -0.4 is 5.32 Å². The number of ether oxygens (including phenoxy) is 2. The predicted octanol–water partition coefficient (Wildman–Crippen LogP) is 2.44. The van der Waals surface area contributed by atoms with Crippen molar-refractivity contribution in [3.63, 3.8) is 0 Å². The molecule has 1 N–H and O–H groups in total. The minimum atomic E-state index is -0.0950. The van der Waals surface area contributed by atoms with Crippen LogP contribution in [-0.4, -0.2) is 47.4 Å². The van der Waals surface area contributed by atoms with Crippen molar-refractivity contribution in [2.45, 2.75) is 50.3 Å². The van der Waals surface area contributed by atoms with Gasteiger partial charge in [0.2, 0.25) is 5.91 Å². The third-order valence-corrected chi connectivity index (χ3v) is 5.23. The van der Waals surface area contributed by atoms with Crippen molar-refractivity contribution >= 4 is 16.9 Å². The average molecular weight is 343 g/mol. The Bertz CT molecular complexity index is 716. The summed E-state index contributed by atoms with van der Waals surface area (Å²) in [5.41, 5.74) is 1.06. The molecule has 1 atom stereocenters. The topological polar surface area (TPSA) is 65.4 Å². The van der Waals surface area contributed by atoms with Gasteiger partial charge in [-0.25, -0.2) is 4.98 Å². The Morgan fingerprint density at radius 3 is 2.92 bits per heavy atom. The minimum Gasteiger partial charge on any atom is -0.376 e. The second kappa shape index (κ2) is 7.54. The molecule has 1 amide bonds. The Morgan fingerprint density at radius 2 is 2.12 bits per heavy atom. The highest BCUT2D eigenvalue weighted by molar-refractivity contribution is 5.77. The number of aromatic nitrogens is 2. The summed E-state index contributed by atoms with van der Waals surface area (Å²) in [6, 6.07) is 6.93. The number of hydrogen-bond acceptors (Lipinski definition) is 4. The zero-order valence-electron chi connectivity index (χ0n) is 14.4. The molecule has 1 aliphatic carbocycles. The van der Waals surface area contributed by atoms with Crippen LogP contribution in [0.5, 0.6) is 0 Å². The number of rotatable bonds is 4. The van der Waals surface area contributed by atoms with E-state index in [0.717, 1.165) is 31.3 Å². The maximum absolute atomic E-state index is 12.2. The zero-order chi connectivity index (χ0) is 17.1. The molecule has 0 spiro atoms. The average Bonchev–Trinajstić information content (AvgIpc) is 3.07. The summed E-state index contributed by atoms with van der Waals surface area (Å²) in [6.45, 7) is 1.74. The summed E-state index contributed by atoms with van der Waals surface area (Å²) in [4.78, 5) is 16.7. The predicted molar refractivity (Wildman–Crippen MR) is 94.3 cm³/mol. The lowest BCUT2D eigenvalue weighted by molar-refractivity contribution is -0.132. The maximum Gasteiger partial charge on any atom is 0.222 e. The Hall–Kier alpha value is -1.92. The molecule has 1 saturated carbocycles. The van der Waals surface area contributed by atoms with Gasteiger partial charge in [-0.05, 0) is 43.9 Å². The molecule has 6 heteroatoms. The van der Waals surface area contributed by atoms with Gasteiger partial charge in [-0.15, -0.1) is 0 Å². The van der Waals surface area contributed by atoms with Crippen molar-refractivity contribution in [3.8, 4) is 0 Å². The van der Waals surface area contributed by atoms with Crippen LogP contribution in [0.25, 0.3) is 11.0 Å². The van der Waals surface area contributed by atoms with Gasteiger partial charge in [0.15, 0.2) is 0 Å². The number of carbonyl (C=O) groups is 1. The van der Waals surface area contributed by atoms with Crippen LogP contribution in [-0.2, 0) is 14.3 Å². The van der Waals surface area contributed by atoms with Gasteiger partial charge in [0.1, 0.15) is 5.65 Å². The molecule has 3 heterocycles. The van der Waals surface area contributed by atoms with Gasteiger partial charge >= 0.3 is 0 Å². The molecule has 25 heavy (non-hydrogen) atoms. The number of nitrogens with one attached hydrogen (secondary N) is 1. The van der Waals surface area contributed by atoms with Crippen LogP contribution in [0.3, 0.4) is 0 Å². The van der Waals surface area contributed by atoms with Crippen LogP contribution in [0.2, 0.25) is 0 Å². The van der Waals surface area contributed by atoms with E-state index >= 15 is 0 Å². The number of nitrogens with zero attached hydrogens (tertiary/aromatic N) is 2. The van der Waals surface area contributed by atoms with Crippen molar-refractivity contribution in [1.29, 1.82) is 0 Å². The monoisotopic (exact) mass is 343 g/mol. The summed E-state index contributed by atoms with van der Waals surface area (Å²) in [7, 11) is 0. The zero-order valence-corrected chi connectivity index (χ0v) is 14.4. The number of amides is 1. The molecule has 2 aromatic heterocycles. The van der Waals surface area contributed by atoms with E-state index in [4.69, 9.17) is 9.47 Å². The van der Waals surface area contributed by atoms with E-state index in [1.807, 2.05) is 12.3 Å². The molecule has 1 saturated heterocycles. The second-order valence-corrected chi connectivity index (χ2v) is 6.98. The lowest BCUT2D eigenvalue weighted by Crippen LogP contribution is -2.41. The fourth-order valence-corrected chi connectivity index (χ4v) is 3.93. The van der Waals surface area contributed by atoms with E-state index in [1.54, 1.807) is 0 Å². The molecule has 2 aliphatic rings. The van der Waals surface area contributed by atoms with Gasteiger partial charge in [-0.3, -0.25) is 4.79 Å². The van der Waals surface area contributed by atoms with Crippen molar-refractivity contribution in [2.75, 3.05) is 19.8 Å². The van der Waals surface area contributed by atoms with E-state index in [1.165, 1.54) is 5.39 Å². The van der Waals surface area contributed by atoms with Crippen LogP contribution in [0.15, 0.2) is 30.6 Å². The lowest BCUT2D eigenvalue weighted by atomic mass is 9.91. The molecule has 6 nitrogen and oxygen atoms in total. The first-order chi connectivity index (χ1) is 12.3. The number of hydrogen-bond donors (Lipinski definition) is 1. The normalized spacial score (nSPS) is 27.3. The van der Waals surface area contributed by atoms with Gasteiger partial charge in [0, 0.05) is 29.9 Å². The third kappa shape index (κ3) is 3.85. The highest BCUT2D eigenvalue weighted by atomic mass is 16.6. The molecule has 2 aromatic rings. The molecule has 2 fully saturated rings. The summed E-state index contributed by atoms with van der Waals surface area (Å²) >= 11 is 0. The molecule has 1 aliphatic heterocycles. The van der Waals surface area contributed by atoms with Crippen LogP contribution >= 0.6 is 0 Å². The molecule has 4 rings (SSSR count). The van der Waals surface area contributed by atoms with E-state index in [-0.39, 0.29) is 18.1 Å². The van der Waals surface area contributed by atoms with Gasteiger partial charge in [0.25, 0.3) is 0 Å². The molecule has 0 radical (unpaired) electrons. The maximum atomic E-state index is 12.2. The number of carbonyl (C=O) groups excluding carboxylic acids is 1. The van der Waals surface area contributed by atoms with Crippen LogP contribution in [0, 0.1) is 0 Å². The number of pyridine rings is 1. The van der Waals surface area contributed by atoms with Gasteiger partial charge in [0.05, 0.1) is 32.3 Å². The SMILES string of the molecule is O=C(CC1COCCO1)NC1CCC(n2ccc3cccnc32)CC1. The summed E-state index contributed by atoms with van der Waals surface area (Å²) in [5, 5.41) is 4.36. The van der Waals surface area contributed by atoms with E-state index in [9.17, 15) is 4.79 Å². The standard InChI is InChI=1S/C19H25N3O3/c23-18(12-17-13-24-10-11-25-17)21-15-3-5-16(6-4-15)22-9-7-14-2-1-8-20-19(14)22/h1-2,7-9,15-17H,3-6,10-13H2,(H,21,23).